The fourth-order valence-electron chi connectivity index (χ4n) is 2.22. The van der Waals surface area contributed by atoms with Crippen LogP contribution in [-0.4, -0.2) is 18.8 Å². The Bertz CT molecular complexity index is 399. The number of hydrogen-bond donors (Lipinski definition) is 1. The van der Waals surface area contributed by atoms with Crippen molar-refractivity contribution in [3.63, 3.8) is 0 Å². The van der Waals surface area contributed by atoms with Gasteiger partial charge in [-0.25, -0.2) is 0 Å². The first-order valence-corrected chi connectivity index (χ1v) is 6.00. The van der Waals surface area contributed by atoms with Crippen molar-refractivity contribution >= 4 is 0 Å². The monoisotopic (exact) mass is 259 g/mol. The van der Waals surface area contributed by atoms with Crippen molar-refractivity contribution in [2.24, 2.45) is 5.73 Å². The van der Waals surface area contributed by atoms with Crippen LogP contribution in [0.5, 0.6) is 0 Å². The highest BCUT2D eigenvalue weighted by atomic mass is 19.4. The molecule has 2 unspecified atom stereocenters. The average Bonchev–Trinajstić information content (AvgIpc) is 2.81. The van der Waals surface area contributed by atoms with Gasteiger partial charge in [0.2, 0.25) is 0 Å². The summed E-state index contributed by atoms with van der Waals surface area (Å²) in [5.74, 6) is 0. The van der Waals surface area contributed by atoms with Crippen molar-refractivity contribution in [2.45, 2.75) is 37.6 Å². The molecule has 0 radical (unpaired) electrons. The van der Waals surface area contributed by atoms with Crippen LogP contribution >= 0.6 is 0 Å². The Morgan fingerprint density at radius 2 is 2.17 bits per heavy atom. The van der Waals surface area contributed by atoms with E-state index in [0.29, 0.717) is 18.6 Å². The molecule has 0 aliphatic carbocycles. The van der Waals surface area contributed by atoms with Crippen LogP contribution in [0.3, 0.4) is 0 Å². The molecule has 0 spiro atoms. The van der Waals surface area contributed by atoms with Crippen LogP contribution in [0.15, 0.2) is 24.3 Å². The lowest BCUT2D eigenvalue weighted by Gasteiger charge is -2.19. The SMILES string of the molecule is NC(Cc1cccc(C(F)(F)F)c1)C1CCCO1. The number of halogens is 3. The number of rotatable bonds is 3. The molecule has 2 N–H and O–H groups in total. The van der Waals surface area contributed by atoms with Gasteiger partial charge in [-0.2, -0.15) is 13.2 Å². The van der Waals surface area contributed by atoms with Gasteiger partial charge in [0.15, 0.2) is 0 Å². The molecule has 1 aliphatic heterocycles. The highest BCUT2D eigenvalue weighted by Gasteiger charge is 2.30. The maximum atomic E-state index is 12.6. The minimum absolute atomic E-state index is 0.0282. The maximum Gasteiger partial charge on any atom is 0.416 e. The lowest BCUT2D eigenvalue weighted by atomic mass is 9.99. The van der Waals surface area contributed by atoms with Crippen molar-refractivity contribution < 1.29 is 17.9 Å². The van der Waals surface area contributed by atoms with Crippen LogP contribution in [0, 0.1) is 0 Å². The van der Waals surface area contributed by atoms with E-state index >= 15 is 0 Å². The van der Waals surface area contributed by atoms with Gasteiger partial charge >= 0.3 is 6.18 Å². The maximum absolute atomic E-state index is 12.6. The molecule has 18 heavy (non-hydrogen) atoms. The first-order valence-electron chi connectivity index (χ1n) is 6.00. The fourth-order valence-corrected chi connectivity index (χ4v) is 2.22. The minimum atomic E-state index is -4.30. The topological polar surface area (TPSA) is 35.2 Å². The van der Waals surface area contributed by atoms with Gasteiger partial charge in [0.1, 0.15) is 0 Å². The molecule has 0 aromatic heterocycles. The molecule has 1 aromatic carbocycles. The molecule has 100 valence electrons. The van der Waals surface area contributed by atoms with Gasteiger partial charge in [-0.3, -0.25) is 0 Å². The molecule has 1 fully saturated rings. The van der Waals surface area contributed by atoms with E-state index in [4.69, 9.17) is 10.5 Å². The molecule has 0 amide bonds. The molecule has 5 heteroatoms. The van der Waals surface area contributed by atoms with E-state index in [0.717, 1.165) is 25.0 Å². The Morgan fingerprint density at radius 1 is 1.39 bits per heavy atom. The summed E-state index contributed by atoms with van der Waals surface area (Å²) >= 11 is 0. The van der Waals surface area contributed by atoms with Crippen molar-refractivity contribution in [1.29, 1.82) is 0 Å². The van der Waals surface area contributed by atoms with Gasteiger partial charge in [-0.15, -0.1) is 0 Å². The number of benzene rings is 1. The Kier molecular flexibility index (Phi) is 3.92. The Balaban J connectivity index is 2.04. The highest BCUT2D eigenvalue weighted by Crippen LogP contribution is 2.30. The normalized spacial score (nSPS) is 22.1. The lowest BCUT2D eigenvalue weighted by molar-refractivity contribution is -0.137. The van der Waals surface area contributed by atoms with Crippen LogP contribution < -0.4 is 5.73 Å². The quantitative estimate of drug-likeness (QED) is 0.905. The van der Waals surface area contributed by atoms with E-state index in [1.54, 1.807) is 6.07 Å². The third-order valence-corrected chi connectivity index (χ3v) is 3.17. The predicted molar refractivity (Wildman–Crippen MR) is 62.1 cm³/mol. The molecular formula is C13H16F3NO. The zero-order valence-corrected chi connectivity index (χ0v) is 9.91. The highest BCUT2D eigenvalue weighted by molar-refractivity contribution is 5.26. The Hall–Kier alpha value is -1.07. The third kappa shape index (κ3) is 3.23. The second-order valence-corrected chi connectivity index (χ2v) is 4.62. The molecule has 1 aliphatic rings. The number of hydrogen-bond acceptors (Lipinski definition) is 2. The van der Waals surface area contributed by atoms with Gasteiger partial charge in [0.25, 0.3) is 0 Å². The average molecular weight is 259 g/mol. The first-order chi connectivity index (χ1) is 8.47. The summed E-state index contributed by atoms with van der Waals surface area (Å²) in [4.78, 5) is 0. The van der Waals surface area contributed by atoms with E-state index in [1.165, 1.54) is 6.07 Å². The zero-order chi connectivity index (χ0) is 13.2. The summed E-state index contributed by atoms with van der Waals surface area (Å²) in [6.07, 6.45) is -2.06. The number of nitrogens with two attached hydrogens (primary N) is 1. The fraction of sp³-hybridized carbons (Fsp3) is 0.538. The lowest BCUT2D eigenvalue weighted by Crippen LogP contribution is -2.36. The molecule has 1 heterocycles. The van der Waals surface area contributed by atoms with Crippen molar-refractivity contribution in [1.82, 2.24) is 0 Å². The summed E-state index contributed by atoms with van der Waals surface area (Å²) in [6, 6.07) is 5.08. The molecule has 2 rings (SSSR count). The second kappa shape index (κ2) is 5.28. The smallest absolute Gasteiger partial charge is 0.377 e. The second-order valence-electron chi connectivity index (χ2n) is 4.62. The van der Waals surface area contributed by atoms with Crippen LogP contribution in [-0.2, 0) is 17.3 Å². The molecule has 1 aromatic rings. The van der Waals surface area contributed by atoms with E-state index in [2.05, 4.69) is 0 Å². The van der Waals surface area contributed by atoms with Crippen LogP contribution in [0.4, 0.5) is 13.2 Å². The van der Waals surface area contributed by atoms with E-state index in [1.807, 2.05) is 0 Å². The predicted octanol–water partition coefficient (Wildman–Crippen LogP) is 2.75. The van der Waals surface area contributed by atoms with Gasteiger partial charge < -0.3 is 10.5 Å². The van der Waals surface area contributed by atoms with Crippen molar-refractivity contribution in [2.75, 3.05) is 6.61 Å². The van der Waals surface area contributed by atoms with Gasteiger partial charge in [-0.05, 0) is 30.9 Å². The molecular weight excluding hydrogens is 243 g/mol. The third-order valence-electron chi connectivity index (χ3n) is 3.17. The summed E-state index contributed by atoms with van der Waals surface area (Å²) in [7, 11) is 0. The molecule has 0 bridgehead atoms. The molecule has 1 saturated heterocycles. The molecule has 2 nitrogen and oxygen atoms in total. The standard InChI is InChI=1S/C13H16F3NO/c14-13(15,16)10-4-1-3-9(7-10)8-11(17)12-5-2-6-18-12/h1,3-4,7,11-12H,2,5-6,8,17H2. The van der Waals surface area contributed by atoms with Crippen molar-refractivity contribution in [3.8, 4) is 0 Å². The zero-order valence-electron chi connectivity index (χ0n) is 9.91. The van der Waals surface area contributed by atoms with Crippen LogP contribution in [0.25, 0.3) is 0 Å². The largest absolute Gasteiger partial charge is 0.416 e. The number of ether oxygens (including phenoxy) is 1. The molecule has 2 atom stereocenters. The summed E-state index contributed by atoms with van der Waals surface area (Å²) in [5, 5.41) is 0. The van der Waals surface area contributed by atoms with E-state index < -0.39 is 11.7 Å². The number of alkyl halides is 3. The molecule has 0 saturated carbocycles. The van der Waals surface area contributed by atoms with Crippen LogP contribution in [0.2, 0.25) is 0 Å². The summed E-state index contributed by atoms with van der Waals surface area (Å²) < 4.78 is 43.1. The Morgan fingerprint density at radius 3 is 2.78 bits per heavy atom. The van der Waals surface area contributed by atoms with Crippen molar-refractivity contribution in [3.05, 3.63) is 35.4 Å². The Labute approximate surface area is 104 Å². The van der Waals surface area contributed by atoms with Gasteiger partial charge in [-0.1, -0.05) is 18.2 Å². The summed E-state index contributed by atoms with van der Waals surface area (Å²) in [5.41, 5.74) is 5.94. The van der Waals surface area contributed by atoms with Gasteiger partial charge in [0.05, 0.1) is 11.7 Å². The first kappa shape index (κ1) is 13.4. The van der Waals surface area contributed by atoms with E-state index in [9.17, 15) is 13.2 Å². The minimum Gasteiger partial charge on any atom is -0.377 e. The van der Waals surface area contributed by atoms with Crippen LogP contribution in [0.1, 0.15) is 24.0 Å². The summed E-state index contributed by atoms with van der Waals surface area (Å²) in [6.45, 7) is 0.695. The van der Waals surface area contributed by atoms with Gasteiger partial charge in [0, 0.05) is 12.6 Å². The van der Waals surface area contributed by atoms with E-state index in [-0.39, 0.29) is 12.1 Å².